The molecule has 0 unspecified atom stereocenters. The van der Waals surface area contributed by atoms with E-state index in [1.807, 2.05) is 6.07 Å². The zero-order chi connectivity index (χ0) is 16.2. The molecule has 0 aliphatic carbocycles. The Kier molecular flexibility index (Phi) is 5.36. The molecule has 2 atom stereocenters. The van der Waals surface area contributed by atoms with E-state index in [-0.39, 0.29) is 5.91 Å². The number of hydrogen-bond acceptors (Lipinski definition) is 3. The third kappa shape index (κ3) is 4.14. The number of H-pyrrole nitrogens is 1. The Hall–Kier alpha value is -1.36. The van der Waals surface area contributed by atoms with Gasteiger partial charge in [0.05, 0.1) is 0 Å². The number of aromatic amines is 1. The van der Waals surface area contributed by atoms with Gasteiger partial charge in [0, 0.05) is 18.3 Å². The van der Waals surface area contributed by atoms with Crippen molar-refractivity contribution < 1.29 is 4.79 Å². The maximum atomic E-state index is 12.3. The molecular formula is C18H30N4O. The van der Waals surface area contributed by atoms with E-state index in [2.05, 4.69) is 34.3 Å². The number of hydrogen-bond donors (Lipinski definition) is 2. The molecule has 5 nitrogen and oxygen atoms in total. The van der Waals surface area contributed by atoms with Gasteiger partial charge in [-0.15, -0.1) is 0 Å². The summed E-state index contributed by atoms with van der Waals surface area (Å²) in [7, 11) is 0. The molecule has 0 spiro atoms. The molecule has 0 saturated carbocycles. The fraction of sp³-hybridized carbons (Fsp3) is 0.778. The summed E-state index contributed by atoms with van der Waals surface area (Å²) in [6.45, 7) is 7.60. The number of carbonyl (C=O) groups is 1. The fourth-order valence-corrected chi connectivity index (χ4v) is 4.15. The summed E-state index contributed by atoms with van der Waals surface area (Å²) in [5.41, 5.74) is 1.57. The highest BCUT2D eigenvalue weighted by atomic mass is 16.1. The van der Waals surface area contributed by atoms with Crippen LogP contribution in [-0.2, 0) is 6.42 Å². The second kappa shape index (κ2) is 7.47. The number of nitrogens with zero attached hydrogens (tertiary/aromatic N) is 2. The average Bonchev–Trinajstić information content (AvgIpc) is 3.00. The lowest BCUT2D eigenvalue weighted by molar-refractivity contribution is 0.0575. The SMILES string of the molecule is CC(C)Cc1cc(C(=O)NC[C@H]2CCCN3CCCC[C@@H]23)n[nH]1. The molecule has 2 fully saturated rings. The van der Waals surface area contributed by atoms with Gasteiger partial charge < -0.3 is 10.2 Å². The molecule has 1 aromatic heterocycles. The minimum atomic E-state index is -0.0378. The molecule has 2 N–H and O–H groups in total. The van der Waals surface area contributed by atoms with Crippen molar-refractivity contribution in [3.05, 3.63) is 17.5 Å². The Labute approximate surface area is 139 Å². The fourth-order valence-electron chi connectivity index (χ4n) is 4.15. The highest BCUT2D eigenvalue weighted by Crippen LogP contribution is 2.30. The first-order chi connectivity index (χ1) is 11.1. The van der Waals surface area contributed by atoms with E-state index in [4.69, 9.17) is 0 Å². The molecular weight excluding hydrogens is 288 g/mol. The molecule has 5 heteroatoms. The third-order valence-corrected chi connectivity index (χ3v) is 5.25. The average molecular weight is 318 g/mol. The van der Waals surface area contributed by atoms with Crippen molar-refractivity contribution in [1.82, 2.24) is 20.4 Å². The van der Waals surface area contributed by atoms with E-state index in [0.717, 1.165) is 18.7 Å². The minimum Gasteiger partial charge on any atom is -0.350 e. The van der Waals surface area contributed by atoms with Crippen LogP contribution in [0.3, 0.4) is 0 Å². The van der Waals surface area contributed by atoms with E-state index in [9.17, 15) is 4.79 Å². The molecule has 2 aliphatic heterocycles. The number of rotatable bonds is 5. The molecule has 0 aromatic carbocycles. The van der Waals surface area contributed by atoms with Crippen LogP contribution in [0.1, 0.15) is 62.1 Å². The van der Waals surface area contributed by atoms with Crippen LogP contribution in [0.2, 0.25) is 0 Å². The molecule has 0 bridgehead atoms. The Morgan fingerprint density at radius 1 is 1.35 bits per heavy atom. The maximum Gasteiger partial charge on any atom is 0.271 e. The summed E-state index contributed by atoms with van der Waals surface area (Å²) in [4.78, 5) is 15.0. The van der Waals surface area contributed by atoms with Gasteiger partial charge in [0.1, 0.15) is 5.69 Å². The highest BCUT2D eigenvalue weighted by molar-refractivity contribution is 5.92. The summed E-state index contributed by atoms with van der Waals surface area (Å²) in [6.07, 6.45) is 7.39. The van der Waals surface area contributed by atoms with Gasteiger partial charge in [-0.25, -0.2) is 0 Å². The number of carbonyl (C=O) groups excluding carboxylic acids is 1. The van der Waals surface area contributed by atoms with Crippen LogP contribution in [0.25, 0.3) is 0 Å². The third-order valence-electron chi connectivity index (χ3n) is 5.25. The Morgan fingerprint density at radius 3 is 3.00 bits per heavy atom. The van der Waals surface area contributed by atoms with Crippen molar-refractivity contribution in [3.63, 3.8) is 0 Å². The summed E-state index contributed by atoms with van der Waals surface area (Å²) in [5, 5.41) is 10.3. The van der Waals surface area contributed by atoms with Crippen LogP contribution in [0.15, 0.2) is 6.07 Å². The van der Waals surface area contributed by atoms with Crippen molar-refractivity contribution in [2.24, 2.45) is 11.8 Å². The largest absolute Gasteiger partial charge is 0.350 e. The number of aromatic nitrogens is 2. The topological polar surface area (TPSA) is 61.0 Å². The van der Waals surface area contributed by atoms with Crippen molar-refractivity contribution in [2.45, 2.75) is 58.4 Å². The van der Waals surface area contributed by atoms with Crippen LogP contribution in [-0.4, -0.2) is 46.7 Å². The number of piperidine rings is 2. The summed E-state index contributed by atoms with van der Waals surface area (Å²) in [6, 6.07) is 2.57. The Morgan fingerprint density at radius 2 is 2.17 bits per heavy atom. The quantitative estimate of drug-likeness (QED) is 0.877. The smallest absolute Gasteiger partial charge is 0.271 e. The monoisotopic (exact) mass is 318 g/mol. The van der Waals surface area contributed by atoms with Crippen LogP contribution >= 0.6 is 0 Å². The second-order valence-electron chi connectivity index (χ2n) is 7.59. The molecule has 1 amide bonds. The Balaban J connectivity index is 1.52. The van der Waals surface area contributed by atoms with E-state index >= 15 is 0 Å². The number of nitrogens with one attached hydrogen (secondary N) is 2. The first-order valence-corrected chi connectivity index (χ1v) is 9.20. The molecule has 1 aromatic rings. The minimum absolute atomic E-state index is 0.0378. The Bertz CT molecular complexity index is 523. The van der Waals surface area contributed by atoms with Crippen molar-refractivity contribution in [3.8, 4) is 0 Å². The van der Waals surface area contributed by atoms with Crippen LogP contribution in [0.5, 0.6) is 0 Å². The first kappa shape index (κ1) is 16.5. The van der Waals surface area contributed by atoms with E-state index < -0.39 is 0 Å². The van der Waals surface area contributed by atoms with Gasteiger partial charge in [-0.3, -0.25) is 9.89 Å². The predicted octanol–water partition coefficient (Wildman–Crippen LogP) is 2.60. The zero-order valence-electron chi connectivity index (χ0n) is 14.5. The van der Waals surface area contributed by atoms with Crippen LogP contribution in [0.4, 0.5) is 0 Å². The normalized spacial score (nSPS) is 25.3. The lowest BCUT2D eigenvalue weighted by Crippen LogP contribution is -2.51. The lowest BCUT2D eigenvalue weighted by atomic mass is 9.83. The van der Waals surface area contributed by atoms with Gasteiger partial charge in [-0.05, 0) is 63.1 Å². The number of amides is 1. The summed E-state index contributed by atoms with van der Waals surface area (Å²) < 4.78 is 0. The number of fused-ring (bicyclic) bond motifs is 1. The molecule has 3 rings (SSSR count). The maximum absolute atomic E-state index is 12.3. The molecule has 23 heavy (non-hydrogen) atoms. The van der Waals surface area contributed by atoms with Crippen molar-refractivity contribution in [1.29, 1.82) is 0 Å². The van der Waals surface area contributed by atoms with Crippen molar-refractivity contribution >= 4 is 5.91 Å². The van der Waals surface area contributed by atoms with E-state index in [1.165, 1.54) is 45.2 Å². The predicted molar refractivity (Wildman–Crippen MR) is 91.4 cm³/mol. The first-order valence-electron chi connectivity index (χ1n) is 9.20. The summed E-state index contributed by atoms with van der Waals surface area (Å²) >= 11 is 0. The second-order valence-corrected chi connectivity index (χ2v) is 7.59. The van der Waals surface area contributed by atoms with Gasteiger partial charge in [-0.2, -0.15) is 5.10 Å². The van der Waals surface area contributed by atoms with E-state index in [1.54, 1.807) is 0 Å². The lowest BCUT2D eigenvalue weighted by Gasteiger charge is -2.44. The molecule has 2 saturated heterocycles. The molecule has 3 heterocycles. The molecule has 0 radical (unpaired) electrons. The van der Waals surface area contributed by atoms with Crippen molar-refractivity contribution in [2.75, 3.05) is 19.6 Å². The van der Waals surface area contributed by atoms with Crippen LogP contribution in [0, 0.1) is 11.8 Å². The van der Waals surface area contributed by atoms with Gasteiger partial charge in [0.2, 0.25) is 0 Å². The standard InChI is InChI=1S/C18H30N4O/c1-13(2)10-15-11-16(21-20-15)18(23)19-12-14-6-5-9-22-8-4-3-7-17(14)22/h11,13-14,17H,3-10,12H2,1-2H3,(H,19,23)(H,20,21)/t14-,17+/m1/s1. The van der Waals surface area contributed by atoms with Gasteiger partial charge in [0.15, 0.2) is 0 Å². The zero-order valence-corrected chi connectivity index (χ0v) is 14.5. The van der Waals surface area contributed by atoms with Gasteiger partial charge >= 0.3 is 0 Å². The highest BCUT2D eigenvalue weighted by Gasteiger charge is 2.33. The van der Waals surface area contributed by atoms with Gasteiger partial charge in [-0.1, -0.05) is 20.3 Å². The van der Waals surface area contributed by atoms with Gasteiger partial charge in [0.25, 0.3) is 5.91 Å². The van der Waals surface area contributed by atoms with E-state index in [0.29, 0.717) is 23.6 Å². The van der Waals surface area contributed by atoms with Crippen LogP contribution < -0.4 is 5.32 Å². The molecule has 128 valence electrons. The summed E-state index contributed by atoms with van der Waals surface area (Å²) in [5.74, 6) is 1.12. The molecule has 2 aliphatic rings.